The van der Waals surface area contributed by atoms with Crippen LogP contribution in [0.25, 0.3) is 0 Å². The Hall–Kier alpha value is -2.78. The zero-order valence-corrected chi connectivity index (χ0v) is 24.9. The predicted octanol–water partition coefficient (Wildman–Crippen LogP) is 6.09. The van der Waals surface area contributed by atoms with Crippen LogP contribution in [0.2, 0.25) is 15.1 Å². The molecule has 0 bridgehead atoms. The molecule has 0 spiro atoms. The van der Waals surface area contributed by atoms with E-state index in [0.717, 1.165) is 4.31 Å². The second-order valence-electron chi connectivity index (χ2n) is 8.75. The molecule has 1 atom stereocenters. The molecule has 0 aliphatic carbocycles. The van der Waals surface area contributed by atoms with Crippen molar-refractivity contribution < 1.29 is 18.0 Å². The van der Waals surface area contributed by atoms with Crippen molar-refractivity contribution in [3.05, 3.63) is 92.9 Å². The maximum atomic E-state index is 14.1. The molecule has 0 aliphatic heterocycles. The minimum absolute atomic E-state index is 0.00800. The van der Waals surface area contributed by atoms with Gasteiger partial charge in [-0.1, -0.05) is 72.1 Å². The molecule has 1 unspecified atom stereocenters. The van der Waals surface area contributed by atoms with Crippen molar-refractivity contribution in [3.8, 4) is 0 Å². The van der Waals surface area contributed by atoms with E-state index in [1.54, 1.807) is 75.4 Å². The van der Waals surface area contributed by atoms with Crippen molar-refractivity contribution in [2.24, 2.45) is 0 Å². The van der Waals surface area contributed by atoms with E-state index in [9.17, 15) is 18.0 Å². The minimum Gasteiger partial charge on any atom is -0.355 e. The van der Waals surface area contributed by atoms with Gasteiger partial charge in [-0.05, 0) is 62.2 Å². The molecule has 0 aromatic heterocycles. The highest BCUT2D eigenvalue weighted by molar-refractivity contribution is 7.92. The van der Waals surface area contributed by atoms with Gasteiger partial charge in [0.1, 0.15) is 12.6 Å². The molecule has 208 valence electrons. The molecular weight excluding hydrogens is 581 g/mol. The van der Waals surface area contributed by atoms with Crippen LogP contribution in [0.3, 0.4) is 0 Å². The van der Waals surface area contributed by atoms with Gasteiger partial charge < -0.3 is 10.2 Å². The van der Waals surface area contributed by atoms with Gasteiger partial charge in [0.25, 0.3) is 10.0 Å². The van der Waals surface area contributed by atoms with Crippen molar-refractivity contribution >= 4 is 62.3 Å². The average molecular weight is 611 g/mol. The number of sulfonamides is 1. The number of nitrogens with one attached hydrogen (secondary N) is 1. The maximum absolute atomic E-state index is 14.1. The highest BCUT2D eigenvalue weighted by Crippen LogP contribution is 2.32. The van der Waals surface area contributed by atoms with Crippen LogP contribution in [-0.2, 0) is 26.2 Å². The van der Waals surface area contributed by atoms with Gasteiger partial charge in [0.05, 0.1) is 10.6 Å². The van der Waals surface area contributed by atoms with Crippen LogP contribution in [0, 0.1) is 6.92 Å². The third kappa shape index (κ3) is 7.06. The smallest absolute Gasteiger partial charge is 0.264 e. The summed E-state index contributed by atoms with van der Waals surface area (Å²) < 4.78 is 28.8. The monoisotopic (exact) mass is 609 g/mol. The van der Waals surface area contributed by atoms with Crippen LogP contribution in [0.4, 0.5) is 5.69 Å². The molecule has 0 saturated carbocycles. The number of benzene rings is 3. The summed E-state index contributed by atoms with van der Waals surface area (Å²) in [6, 6.07) is 16.7. The molecule has 2 amide bonds. The number of rotatable bonds is 11. The molecule has 1 N–H and O–H groups in total. The Morgan fingerprint density at radius 2 is 1.46 bits per heavy atom. The van der Waals surface area contributed by atoms with Crippen molar-refractivity contribution in [1.29, 1.82) is 0 Å². The number of nitrogens with zero attached hydrogens (tertiary/aromatic N) is 2. The topological polar surface area (TPSA) is 86.8 Å². The summed E-state index contributed by atoms with van der Waals surface area (Å²) in [5.74, 6) is -0.976. The Morgan fingerprint density at radius 3 is 2.05 bits per heavy atom. The minimum atomic E-state index is -4.20. The number of amides is 2. The van der Waals surface area contributed by atoms with E-state index in [-0.39, 0.29) is 29.5 Å². The molecule has 0 saturated heterocycles. The third-order valence-electron chi connectivity index (χ3n) is 6.24. The largest absolute Gasteiger partial charge is 0.355 e. The Bertz CT molecular complexity index is 1410. The fourth-order valence-corrected chi connectivity index (χ4v) is 6.34. The average Bonchev–Trinajstić information content (AvgIpc) is 2.91. The van der Waals surface area contributed by atoms with E-state index in [2.05, 4.69) is 5.32 Å². The van der Waals surface area contributed by atoms with Gasteiger partial charge in [-0.2, -0.15) is 0 Å². The first kappa shape index (κ1) is 30.8. The summed E-state index contributed by atoms with van der Waals surface area (Å²) in [5.41, 5.74) is 1.19. The lowest BCUT2D eigenvalue weighted by atomic mass is 10.1. The molecule has 11 heteroatoms. The van der Waals surface area contributed by atoms with Gasteiger partial charge in [-0.3, -0.25) is 13.9 Å². The molecule has 0 fully saturated rings. The van der Waals surface area contributed by atoms with Gasteiger partial charge in [0, 0.05) is 33.7 Å². The lowest BCUT2D eigenvalue weighted by Gasteiger charge is -2.34. The second kappa shape index (κ2) is 13.5. The van der Waals surface area contributed by atoms with Crippen molar-refractivity contribution in [3.63, 3.8) is 0 Å². The summed E-state index contributed by atoms with van der Waals surface area (Å²) in [6.45, 7) is 4.91. The fraction of sp³-hybridized carbons (Fsp3) is 0.286. The van der Waals surface area contributed by atoms with Crippen LogP contribution in [-0.4, -0.2) is 44.3 Å². The van der Waals surface area contributed by atoms with Gasteiger partial charge in [-0.25, -0.2) is 8.42 Å². The number of halogens is 3. The Labute approximate surface area is 244 Å². The summed E-state index contributed by atoms with van der Waals surface area (Å²) in [4.78, 5) is 28.4. The first-order chi connectivity index (χ1) is 18.5. The molecular formula is C28H30Cl3N3O4S. The van der Waals surface area contributed by atoms with Crippen LogP contribution in [0.1, 0.15) is 31.4 Å². The maximum Gasteiger partial charge on any atom is 0.264 e. The normalized spacial score (nSPS) is 12.1. The Balaban J connectivity index is 2.13. The first-order valence-corrected chi connectivity index (χ1v) is 14.9. The lowest BCUT2D eigenvalue weighted by molar-refractivity contribution is -0.140. The molecule has 3 aromatic carbocycles. The van der Waals surface area contributed by atoms with Crippen LogP contribution >= 0.6 is 34.8 Å². The van der Waals surface area contributed by atoms with Crippen molar-refractivity contribution in [1.82, 2.24) is 10.2 Å². The fourth-order valence-electron chi connectivity index (χ4n) is 4.16. The zero-order valence-electron chi connectivity index (χ0n) is 21.8. The van der Waals surface area contributed by atoms with E-state index < -0.39 is 28.5 Å². The quantitative estimate of drug-likeness (QED) is 0.285. The number of hydrogen-bond acceptors (Lipinski definition) is 4. The van der Waals surface area contributed by atoms with Gasteiger partial charge in [0.2, 0.25) is 11.8 Å². The summed E-state index contributed by atoms with van der Waals surface area (Å²) in [6.07, 6.45) is 0.279. The highest BCUT2D eigenvalue weighted by Gasteiger charge is 2.34. The van der Waals surface area contributed by atoms with Gasteiger partial charge >= 0.3 is 0 Å². The molecule has 0 heterocycles. The van der Waals surface area contributed by atoms with E-state index in [4.69, 9.17) is 34.8 Å². The molecule has 3 rings (SSSR count). The molecule has 0 radical (unpaired) electrons. The highest BCUT2D eigenvalue weighted by atomic mass is 35.5. The van der Waals surface area contributed by atoms with Crippen LogP contribution in [0.15, 0.2) is 71.6 Å². The summed E-state index contributed by atoms with van der Waals surface area (Å²) >= 11 is 19.2. The molecule has 0 aliphatic rings. The van der Waals surface area contributed by atoms with E-state index in [1.165, 1.54) is 17.0 Å². The Morgan fingerprint density at radius 1 is 0.872 bits per heavy atom. The van der Waals surface area contributed by atoms with E-state index in [1.807, 2.05) is 0 Å². The number of anilines is 1. The zero-order chi connectivity index (χ0) is 28.7. The van der Waals surface area contributed by atoms with E-state index in [0.29, 0.717) is 32.7 Å². The number of hydrogen-bond donors (Lipinski definition) is 1. The first-order valence-electron chi connectivity index (χ1n) is 12.4. The van der Waals surface area contributed by atoms with Crippen LogP contribution in [0.5, 0.6) is 0 Å². The predicted molar refractivity (Wildman–Crippen MR) is 157 cm³/mol. The van der Waals surface area contributed by atoms with Gasteiger partial charge in [-0.15, -0.1) is 0 Å². The standard InChI is InChI=1S/C28H30Cl3N3O4S/c1-4-25(28(36)32-5-2)33(17-21-23(30)14-9-15-24(21)31)27(35)18-34(26-16-10-13-22(29)19(26)3)39(37,38)20-11-7-6-8-12-20/h6-16,25H,4-5,17-18H2,1-3H3,(H,32,36). The Kier molecular flexibility index (Phi) is 10.7. The second-order valence-corrected chi connectivity index (χ2v) is 11.8. The molecule has 39 heavy (non-hydrogen) atoms. The van der Waals surface area contributed by atoms with Crippen LogP contribution < -0.4 is 9.62 Å². The summed E-state index contributed by atoms with van der Waals surface area (Å²) in [5, 5.41) is 3.75. The number of likely N-dealkylation sites (N-methyl/N-ethyl adjacent to an activating group) is 1. The lowest BCUT2D eigenvalue weighted by Crippen LogP contribution is -2.52. The SMILES string of the molecule is CCNC(=O)C(CC)N(Cc1c(Cl)cccc1Cl)C(=O)CN(c1cccc(Cl)c1C)S(=O)(=O)c1ccccc1. The van der Waals surface area contributed by atoms with Crippen molar-refractivity contribution in [2.45, 2.75) is 44.7 Å². The van der Waals surface area contributed by atoms with Gasteiger partial charge in [0.15, 0.2) is 0 Å². The molecule has 7 nitrogen and oxygen atoms in total. The number of carbonyl (C=O) groups excluding carboxylic acids is 2. The van der Waals surface area contributed by atoms with E-state index >= 15 is 0 Å². The number of carbonyl (C=O) groups is 2. The molecule has 3 aromatic rings. The summed E-state index contributed by atoms with van der Waals surface area (Å²) in [7, 11) is -4.20. The van der Waals surface area contributed by atoms with Crippen molar-refractivity contribution in [2.75, 3.05) is 17.4 Å². The third-order valence-corrected chi connectivity index (χ3v) is 9.14.